The Kier molecular flexibility index (Phi) is 2.20. The zero-order chi connectivity index (χ0) is 10.1. The minimum Gasteiger partial charge on any atom is -0.481 e. The number of hydrogen-bond donors (Lipinski definition) is 2. The number of anilines is 1. The van der Waals surface area contributed by atoms with Crippen LogP contribution in [0.15, 0.2) is 11.6 Å². The predicted molar refractivity (Wildman–Crippen MR) is 50.0 cm³/mol. The lowest BCUT2D eigenvalue weighted by Crippen LogP contribution is -2.16. The monoisotopic (exact) mass is 212 g/mol. The van der Waals surface area contributed by atoms with Crippen molar-refractivity contribution in [2.75, 3.05) is 5.32 Å². The standard InChI is InChI=1S/C8H8N2O3S/c11-6(4-3-5(4)7(12)13)10-8-9-1-2-14-8/h1-2,4-5H,3H2,(H,12,13)(H,9,10,11)/t4-,5+/m0/s1. The van der Waals surface area contributed by atoms with Crippen molar-refractivity contribution in [2.45, 2.75) is 6.42 Å². The number of aromatic nitrogens is 1. The van der Waals surface area contributed by atoms with E-state index < -0.39 is 11.9 Å². The van der Waals surface area contributed by atoms with Gasteiger partial charge in [0.2, 0.25) is 5.91 Å². The van der Waals surface area contributed by atoms with Crippen LogP contribution in [0.3, 0.4) is 0 Å². The number of carboxylic acid groups (broad SMARTS) is 1. The minimum atomic E-state index is -0.899. The topological polar surface area (TPSA) is 79.3 Å². The smallest absolute Gasteiger partial charge is 0.307 e. The van der Waals surface area contributed by atoms with E-state index in [0.29, 0.717) is 11.6 Å². The maximum atomic E-state index is 11.4. The van der Waals surface area contributed by atoms with E-state index >= 15 is 0 Å². The van der Waals surface area contributed by atoms with Crippen LogP contribution in [0.1, 0.15) is 6.42 Å². The second kappa shape index (κ2) is 3.38. The van der Waals surface area contributed by atoms with Gasteiger partial charge in [0.15, 0.2) is 5.13 Å². The van der Waals surface area contributed by atoms with Crippen LogP contribution in [0.25, 0.3) is 0 Å². The molecule has 1 fully saturated rings. The second-order valence-electron chi connectivity index (χ2n) is 3.11. The average molecular weight is 212 g/mol. The maximum absolute atomic E-state index is 11.4. The molecule has 1 heterocycles. The Morgan fingerprint density at radius 1 is 1.57 bits per heavy atom. The van der Waals surface area contributed by atoms with Gasteiger partial charge >= 0.3 is 5.97 Å². The van der Waals surface area contributed by atoms with E-state index in [1.807, 2.05) is 0 Å². The third kappa shape index (κ3) is 1.74. The quantitative estimate of drug-likeness (QED) is 0.776. The van der Waals surface area contributed by atoms with Gasteiger partial charge in [-0.05, 0) is 6.42 Å². The minimum absolute atomic E-state index is 0.243. The molecule has 0 aromatic carbocycles. The summed E-state index contributed by atoms with van der Waals surface area (Å²) in [6.45, 7) is 0. The summed E-state index contributed by atoms with van der Waals surface area (Å²) in [6, 6.07) is 0. The first-order valence-electron chi connectivity index (χ1n) is 4.11. The van der Waals surface area contributed by atoms with E-state index in [1.165, 1.54) is 11.3 Å². The molecule has 1 aromatic rings. The number of amides is 1. The van der Waals surface area contributed by atoms with Crippen LogP contribution in [0.4, 0.5) is 5.13 Å². The lowest BCUT2D eigenvalue weighted by atomic mass is 10.3. The molecule has 2 N–H and O–H groups in total. The van der Waals surface area contributed by atoms with Gasteiger partial charge in [-0.3, -0.25) is 9.59 Å². The van der Waals surface area contributed by atoms with Crippen molar-refractivity contribution < 1.29 is 14.7 Å². The molecule has 0 bridgehead atoms. The molecule has 0 unspecified atom stereocenters. The molecule has 6 heteroatoms. The molecule has 0 aliphatic heterocycles. The zero-order valence-corrected chi connectivity index (χ0v) is 7.95. The van der Waals surface area contributed by atoms with Crippen molar-refractivity contribution in [3.63, 3.8) is 0 Å². The largest absolute Gasteiger partial charge is 0.481 e. The van der Waals surface area contributed by atoms with Gasteiger partial charge in [0, 0.05) is 11.6 Å². The van der Waals surface area contributed by atoms with E-state index in [0.717, 1.165) is 0 Å². The van der Waals surface area contributed by atoms with Crippen LogP contribution in [-0.4, -0.2) is 22.0 Å². The summed E-state index contributed by atoms with van der Waals surface area (Å²) in [5, 5.41) is 13.4. The molecule has 0 radical (unpaired) electrons. The van der Waals surface area contributed by atoms with Crippen LogP contribution < -0.4 is 5.32 Å². The number of nitrogens with one attached hydrogen (secondary N) is 1. The van der Waals surface area contributed by atoms with Gasteiger partial charge < -0.3 is 10.4 Å². The van der Waals surface area contributed by atoms with Gasteiger partial charge in [-0.25, -0.2) is 4.98 Å². The highest BCUT2D eigenvalue weighted by Gasteiger charge is 2.48. The number of nitrogens with zero attached hydrogens (tertiary/aromatic N) is 1. The highest BCUT2D eigenvalue weighted by atomic mass is 32.1. The molecule has 74 valence electrons. The molecule has 2 rings (SSSR count). The summed E-state index contributed by atoms with van der Waals surface area (Å²) in [6.07, 6.45) is 2.02. The summed E-state index contributed by atoms with van der Waals surface area (Å²) >= 11 is 1.32. The van der Waals surface area contributed by atoms with Crippen LogP contribution in [0.2, 0.25) is 0 Å². The predicted octanol–water partition coefficient (Wildman–Crippen LogP) is 0.802. The average Bonchev–Trinajstić information content (AvgIpc) is 2.80. The molecule has 1 amide bonds. The Bertz CT molecular complexity index is 363. The maximum Gasteiger partial charge on any atom is 0.307 e. The van der Waals surface area contributed by atoms with Gasteiger partial charge in [0.05, 0.1) is 11.8 Å². The van der Waals surface area contributed by atoms with E-state index in [-0.39, 0.29) is 11.8 Å². The van der Waals surface area contributed by atoms with Crippen LogP contribution in [0, 0.1) is 11.8 Å². The molecule has 1 saturated carbocycles. The highest BCUT2D eigenvalue weighted by Crippen LogP contribution is 2.39. The summed E-state index contributed by atoms with van der Waals surface area (Å²) in [4.78, 5) is 25.7. The van der Waals surface area contributed by atoms with Gasteiger partial charge in [-0.1, -0.05) is 0 Å². The van der Waals surface area contributed by atoms with Crippen LogP contribution in [-0.2, 0) is 9.59 Å². The molecular weight excluding hydrogens is 204 g/mol. The van der Waals surface area contributed by atoms with Crippen molar-refractivity contribution in [1.29, 1.82) is 0 Å². The molecule has 2 atom stereocenters. The van der Waals surface area contributed by atoms with Gasteiger partial charge in [0.1, 0.15) is 0 Å². The van der Waals surface area contributed by atoms with Crippen LogP contribution in [0.5, 0.6) is 0 Å². The number of carbonyl (C=O) groups excluding carboxylic acids is 1. The number of carbonyl (C=O) groups is 2. The Morgan fingerprint density at radius 2 is 2.36 bits per heavy atom. The molecular formula is C8H8N2O3S. The van der Waals surface area contributed by atoms with Crippen molar-refractivity contribution in [3.05, 3.63) is 11.6 Å². The van der Waals surface area contributed by atoms with Crippen molar-refractivity contribution in [3.8, 4) is 0 Å². The SMILES string of the molecule is O=C(Nc1nccs1)[C@H]1C[C@H]1C(=O)O. The fourth-order valence-electron chi connectivity index (χ4n) is 1.24. The van der Waals surface area contributed by atoms with Crippen molar-refractivity contribution >= 4 is 28.3 Å². The molecule has 14 heavy (non-hydrogen) atoms. The summed E-state index contributed by atoms with van der Waals surface area (Å²) < 4.78 is 0. The molecule has 0 saturated heterocycles. The Morgan fingerprint density at radius 3 is 2.86 bits per heavy atom. The van der Waals surface area contributed by atoms with Crippen LogP contribution >= 0.6 is 11.3 Å². The Balaban J connectivity index is 1.90. The molecule has 0 spiro atoms. The van der Waals surface area contributed by atoms with Gasteiger partial charge in [-0.15, -0.1) is 11.3 Å². The third-order valence-electron chi connectivity index (χ3n) is 2.11. The Labute approximate surface area is 83.8 Å². The summed E-state index contributed by atoms with van der Waals surface area (Å²) in [5.41, 5.74) is 0. The fraction of sp³-hybridized carbons (Fsp3) is 0.375. The molecule has 5 nitrogen and oxygen atoms in total. The molecule has 1 aliphatic rings. The third-order valence-corrected chi connectivity index (χ3v) is 2.80. The summed E-state index contributed by atoms with van der Waals surface area (Å²) in [5.74, 6) is -2.02. The Hall–Kier alpha value is -1.43. The first-order valence-corrected chi connectivity index (χ1v) is 4.99. The van der Waals surface area contributed by atoms with E-state index in [2.05, 4.69) is 10.3 Å². The fourth-order valence-corrected chi connectivity index (χ4v) is 1.77. The summed E-state index contributed by atoms with van der Waals surface area (Å²) in [7, 11) is 0. The molecule has 1 aliphatic carbocycles. The lowest BCUT2D eigenvalue weighted by Gasteiger charge is -1.98. The van der Waals surface area contributed by atoms with E-state index in [4.69, 9.17) is 5.11 Å². The number of aliphatic carboxylic acids is 1. The number of carboxylic acids is 1. The van der Waals surface area contributed by atoms with Crippen molar-refractivity contribution in [1.82, 2.24) is 4.98 Å². The normalized spacial score (nSPS) is 24.3. The zero-order valence-electron chi connectivity index (χ0n) is 7.14. The van der Waals surface area contributed by atoms with E-state index in [1.54, 1.807) is 11.6 Å². The number of hydrogen-bond acceptors (Lipinski definition) is 4. The van der Waals surface area contributed by atoms with Crippen molar-refractivity contribution in [2.24, 2.45) is 11.8 Å². The lowest BCUT2D eigenvalue weighted by molar-refractivity contribution is -0.139. The first kappa shape index (κ1) is 9.14. The number of rotatable bonds is 3. The first-order chi connectivity index (χ1) is 6.68. The number of thiazole rings is 1. The van der Waals surface area contributed by atoms with Gasteiger partial charge in [-0.2, -0.15) is 0 Å². The highest BCUT2D eigenvalue weighted by molar-refractivity contribution is 7.13. The van der Waals surface area contributed by atoms with Gasteiger partial charge in [0.25, 0.3) is 0 Å². The second-order valence-corrected chi connectivity index (χ2v) is 4.01. The van der Waals surface area contributed by atoms with E-state index in [9.17, 15) is 9.59 Å². The molecule has 1 aromatic heterocycles.